The van der Waals surface area contributed by atoms with Gasteiger partial charge in [0.15, 0.2) is 5.16 Å². The molecule has 0 spiro atoms. The zero-order valence-corrected chi connectivity index (χ0v) is 15.7. The van der Waals surface area contributed by atoms with E-state index in [1.54, 1.807) is 24.3 Å². The molecule has 0 saturated heterocycles. The Morgan fingerprint density at radius 3 is 2.56 bits per heavy atom. The van der Waals surface area contributed by atoms with E-state index in [9.17, 15) is 14.4 Å². The topological polar surface area (TPSA) is 93.1 Å². The van der Waals surface area contributed by atoms with Gasteiger partial charge in [-0.1, -0.05) is 42.1 Å². The molecular formula is C19H18N4O3S. The molecule has 1 heterocycles. The van der Waals surface area contributed by atoms with Crippen molar-refractivity contribution in [1.29, 1.82) is 0 Å². The lowest BCUT2D eigenvalue weighted by atomic mass is 10.2. The molecule has 0 saturated carbocycles. The van der Waals surface area contributed by atoms with Gasteiger partial charge < -0.3 is 5.32 Å². The smallest absolute Gasteiger partial charge is 0.321 e. The number of amides is 3. The lowest BCUT2D eigenvalue weighted by Gasteiger charge is -2.15. The van der Waals surface area contributed by atoms with E-state index in [4.69, 9.17) is 0 Å². The minimum Gasteiger partial charge on any atom is -0.341 e. The third-order valence-electron chi connectivity index (χ3n) is 3.91. The summed E-state index contributed by atoms with van der Waals surface area (Å²) in [5.74, 6) is -0.525. The molecule has 0 aliphatic heterocycles. The van der Waals surface area contributed by atoms with Crippen LogP contribution >= 0.6 is 11.8 Å². The third kappa shape index (κ3) is 4.01. The van der Waals surface area contributed by atoms with E-state index in [-0.39, 0.29) is 11.3 Å². The summed E-state index contributed by atoms with van der Waals surface area (Å²) in [4.78, 5) is 40.9. The molecule has 0 aliphatic rings. The maximum absolute atomic E-state index is 13.1. The fourth-order valence-corrected chi connectivity index (χ4v) is 3.40. The molecule has 3 amide bonds. The van der Waals surface area contributed by atoms with Crippen molar-refractivity contribution in [2.75, 3.05) is 12.8 Å². The van der Waals surface area contributed by atoms with Crippen LogP contribution in [0.4, 0.5) is 4.79 Å². The highest BCUT2D eigenvalue weighted by Gasteiger charge is 2.16. The van der Waals surface area contributed by atoms with E-state index in [2.05, 4.69) is 15.6 Å². The number of hydrogen-bond acceptors (Lipinski definition) is 5. The number of urea groups is 1. The lowest BCUT2D eigenvalue weighted by molar-refractivity contribution is -0.117. The molecule has 2 N–H and O–H groups in total. The van der Waals surface area contributed by atoms with E-state index < -0.39 is 11.9 Å². The average molecular weight is 382 g/mol. The van der Waals surface area contributed by atoms with Gasteiger partial charge >= 0.3 is 6.03 Å². The Morgan fingerprint density at radius 2 is 1.81 bits per heavy atom. The second-order valence-corrected chi connectivity index (χ2v) is 6.70. The minimum atomic E-state index is -0.580. The molecule has 0 aliphatic carbocycles. The SMILES string of the molecule is CNC(=O)NC(=O)CSc1nc2ccccc2c(=O)n1-c1ccccc1C. The second-order valence-electron chi connectivity index (χ2n) is 5.75. The molecule has 8 heteroatoms. The molecule has 0 radical (unpaired) electrons. The first kappa shape index (κ1) is 18.7. The molecule has 0 fully saturated rings. The van der Waals surface area contributed by atoms with Crippen molar-refractivity contribution in [2.24, 2.45) is 0 Å². The summed E-state index contributed by atoms with van der Waals surface area (Å²) < 4.78 is 1.51. The summed E-state index contributed by atoms with van der Waals surface area (Å²) in [6, 6.07) is 14.0. The number of aromatic nitrogens is 2. The van der Waals surface area contributed by atoms with E-state index in [0.29, 0.717) is 21.7 Å². The van der Waals surface area contributed by atoms with Gasteiger partial charge in [0, 0.05) is 7.05 Å². The van der Waals surface area contributed by atoms with Crippen molar-refractivity contribution in [2.45, 2.75) is 12.1 Å². The van der Waals surface area contributed by atoms with Crippen LogP contribution < -0.4 is 16.2 Å². The molecule has 0 unspecified atom stereocenters. The average Bonchev–Trinajstić information content (AvgIpc) is 2.67. The van der Waals surface area contributed by atoms with Crippen molar-refractivity contribution in [3.63, 3.8) is 0 Å². The monoisotopic (exact) mass is 382 g/mol. The van der Waals surface area contributed by atoms with Crippen molar-refractivity contribution in [1.82, 2.24) is 20.2 Å². The number of benzene rings is 2. The molecule has 1 aromatic heterocycles. The Hall–Kier alpha value is -3.13. The van der Waals surface area contributed by atoms with E-state index in [1.807, 2.05) is 31.2 Å². The maximum atomic E-state index is 13.1. The zero-order valence-electron chi connectivity index (χ0n) is 14.9. The standard InChI is InChI=1S/C19H18N4O3S/c1-12-7-3-6-10-15(12)23-17(25)13-8-4-5-9-14(13)21-19(23)27-11-16(24)22-18(26)20-2/h3-10H,11H2,1-2H3,(H2,20,22,24,26). The predicted octanol–water partition coefficient (Wildman–Crippen LogP) is 2.24. The Morgan fingerprint density at radius 1 is 1.11 bits per heavy atom. The fourth-order valence-electron chi connectivity index (χ4n) is 2.59. The van der Waals surface area contributed by atoms with Crippen LogP contribution in [0.25, 0.3) is 16.6 Å². The Balaban J connectivity index is 2.06. The van der Waals surface area contributed by atoms with Crippen LogP contribution in [0, 0.1) is 6.92 Å². The van der Waals surface area contributed by atoms with Crippen LogP contribution in [0.2, 0.25) is 0 Å². The number of hydrogen-bond donors (Lipinski definition) is 2. The van der Waals surface area contributed by atoms with Crippen molar-refractivity contribution >= 4 is 34.6 Å². The number of fused-ring (bicyclic) bond motifs is 1. The van der Waals surface area contributed by atoms with Gasteiger partial charge in [-0.15, -0.1) is 0 Å². The first-order valence-electron chi connectivity index (χ1n) is 8.23. The summed E-state index contributed by atoms with van der Waals surface area (Å²) >= 11 is 1.10. The Bertz CT molecular complexity index is 1080. The van der Waals surface area contributed by atoms with Crippen LogP contribution in [-0.2, 0) is 4.79 Å². The number of carbonyl (C=O) groups is 2. The Labute approximate surface area is 159 Å². The molecule has 7 nitrogen and oxygen atoms in total. The van der Waals surface area contributed by atoms with Crippen LogP contribution in [0.5, 0.6) is 0 Å². The molecule has 3 rings (SSSR count). The molecule has 27 heavy (non-hydrogen) atoms. The summed E-state index contributed by atoms with van der Waals surface area (Å²) in [6.45, 7) is 1.91. The lowest BCUT2D eigenvalue weighted by Crippen LogP contribution is -2.38. The van der Waals surface area contributed by atoms with E-state index in [1.165, 1.54) is 11.6 Å². The zero-order chi connectivity index (χ0) is 19.4. The quantitative estimate of drug-likeness (QED) is 0.533. The summed E-state index contributed by atoms with van der Waals surface area (Å²) in [6.07, 6.45) is 0. The highest BCUT2D eigenvalue weighted by Crippen LogP contribution is 2.22. The van der Waals surface area contributed by atoms with Gasteiger partial charge in [-0.05, 0) is 30.7 Å². The third-order valence-corrected chi connectivity index (χ3v) is 4.85. The summed E-state index contributed by atoms with van der Waals surface area (Å²) in [7, 11) is 1.43. The van der Waals surface area contributed by atoms with Gasteiger partial charge in [-0.3, -0.25) is 19.5 Å². The van der Waals surface area contributed by atoms with Crippen LogP contribution in [0.3, 0.4) is 0 Å². The number of imide groups is 1. The number of carbonyl (C=O) groups excluding carboxylic acids is 2. The number of thioether (sulfide) groups is 1. The van der Waals surface area contributed by atoms with Gasteiger partial charge in [0.05, 0.1) is 22.3 Å². The molecular weight excluding hydrogens is 364 g/mol. The van der Waals surface area contributed by atoms with Gasteiger partial charge in [-0.2, -0.15) is 0 Å². The number of nitrogens with zero attached hydrogens (tertiary/aromatic N) is 2. The molecule has 0 atom stereocenters. The first-order valence-corrected chi connectivity index (χ1v) is 9.22. The van der Waals surface area contributed by atoms with Gasteiger partial charge in [0.2, 0.25) is 5.91 Å². The summed E-state index contributed by atoms with van der Waals surface area (Å²) in [5, 5.41) is 5.41. The molecule has 2 aromatic carbocycles. The first-order chi connectivity index (χ1) is 13.0. The maximum Gasteiger partial charge on any atom is 0.321 e. The Kier molecular flexibility index (Phi) is 5.56. The van der Waals surface area contributed by atoms with Gasteiger partial charge in [0.25, 0.3) is 5.56 Å². The molecule has 138 valence electrons. The fraction of sp³-hybridized carbons (Fsp3) is 0.158. The van der Waals surface area contributed by atoms with Gasteiger partial charge in [0.1, 0.15) is 0 Å². The molecule has 0 bridgehead atoms. The molecule has 3 aromatic rings. The number of para-hydroxylation sites is 2. The van der Waals surface area contributed by atoms with E-state index >= 15 is 0 Å². The second kappa shape index (κ2) is 8.05. The van der Waals surface area contributed by atoms with Crippen molar-refractivity contribution in [3.8, 4) is 5.69 Å². The van der Waals surface area contributed by atoms with Crippen LogP contribution in [0.1, 0.15) is 5.56 Å². The largest absolute Gasteiger partial charge is 0.341 e. The van der Waals surface area contributed by atoms with Gasteiger partial charge in [-0.25, -0.2) is 9.78 Å². The normalized spacial score (nSPS) is 10.6. The number of aryl methyl sites for hydroxylation is 1. The van der Waals surface area contributed by atoms with Crippen molar-refractivity contribution in [3.05, 3.63) is 64.4 Å². The highest BCUT2D eigenvalue weighted by atomic mass is 32.2. The number of rotatable bonds is 4. The number of nitrogens with one attached hydrogen (secondary N) is 2. The van der Waals surface area contributed by atoms with Crippen LogP contribution in [-0.4, -0.2) is 34.3 Å². The van der Waals surface area contributed by atoms with Crippen LogP contribution in [0.15, 0.2) is 58.5 Å². The van der Waals surface area contributed by atoms with E-state index in [0.717, 1.165) is 17.3 Å². The summed E-state index contributed by atoms with van der Waals surface area (Å²) in [5.41, 5.74) is 1.97. The predicted molar refractivity (Wildman–Crippen MR) is 105 cm³/mol. The minimum absolute atomic E-state index is 0.0515. The van der Waals surface area contributed by atoms with Crippen molar-refractivity contribution < 1.29 is 9.59 Å². The highest BCUT2D eigenvalue weighted by molar-refractivity contribution is 7.99.